The zero-order chi connectivity index (χ0) is 20.7. The Kier molecular flexibility index (Phi) is 4.63. The van der Waals surface area contributed by atoms with Crippen molar-refractivity contribution in [2.75, 3.05) is 13.2 Å². The molecule has 0 aliphatic carbocycles. The summed E-state index contributed by atoms with van der Waals surface area (Å²) in [6, 6.07) is 6.23. The third-order valence-electron chi connectivity index (χ3n) is 5.52. The van der Waals surface area contributed by atoms with Gasteiger partial charge in [0.25, 0.3) is 0 Å². The molecule has 4 aromatic rings. The van der Waals surface area contributed by atoms with Crippen molar-refractivity contribution in [3.8, 4) is 17.0 Å². The van der Waals surface area contributed by atoms with Crippen LogP contribution in [0.25, 0.3) is 34.2 Å². The first-order valence-corrected chi connectivity index (χ1v) is 10.1. The molecule has 0 atom stereocenters. The summed E-state index contributed by atoms with van der Waals surface area (Å²) in [5.74, 6) is 0.725. The van der Waals surface area contributed by atoms with Crippen molar-refractivity contribution in [3.05, 3.63) is 47.0 Å². The molecule has 3 aromatic heterocycles. The highest BCUT2D eigenvalue weighted by Crippen LogP contribution is 2.32. The second-order valence-electron chi connectivity index (χ2n) is 7.37. The number of hydrogen-bond acceptors (Lipinski definition) is 5. The molecule has 154 valence electrons. The molecule has 8 heteroatoms. The highest BCUT2D eigenvalue weighted by Gasteiger charge is 2.16. The molecular formula is C22H24N6O2. The minimum atomic E-state index is 0.440. The Bertz CT molecular complexity index is 1250. The summed E-state index contributed by atoms with van der Waals surface area (Å²) in [7, 11) is 3.84. The predicted molar refractivity (Wildman–Crippen MR) is 115 cm³/mol. The Morgan fingerprint density at radius 1 is 1.13 bits per heavy atom. The molecule has 5 rings (SSSR count). The van der Waals surface area contributed by atoms with E-state index in [4.69, 9.17) is 9.47 Å². The van der Waals surface area contributed by atoms with Crippen molar-refractivity contribution in [2.45, 2.75) is 20.0 Å². The van der Waals surface area contributed by atoms with Gasteiger partial charge in [-0.3, -0.25) is 9.78 Å². The summed E-state index contributed by atoms with van der Waals surface area (Å²) in [6.45, 7) is 3.49. The summed E-state index contributed by atoms with van der Waals surface area (Å²) in [6.07, 6.45) is 6.82. The molecule has 8 nitrogen and oxygen atoms in total. The maximum atomic E-state index is 6.04. The van der Waals surface area contributed by atoms with Gasteiger partial charge in [0.05, 0.1) is 47.6 Å². The Balaban J connectivity index is 1.67. The Hall–Kier alpha value is -3.39. The third kappa shape index (κ3) is 3.09. The molecule has 30 heavy (non-hydrogen) atoms. The number of hydrogen-bond donors (Lipinski definition) is 1. The normalized spacial score (nSPS) is 15.3. The van der Waals surface area contributed by atoms with Crippen LogP contribution < -0.4 is 4.74 Å². The molecule has 4 heterocycles. The number of nitrogens with zero attached hydrogens (tertiary/aromatic N) is 5. The lowest BCUT2D eigenvalue weighted by Gasteiger charge is -2.10. The first-order chi connectivity index (χ1) is 14.7. The highest BCUT2D eigenvalue weighted by molar-refractivity contribution is 5.93. The van der Waals surface area contributed by atoms with E-state index in [2.05, 4.69) is 45.5 Å². The second kappa shape index (κ2) is 7.46. The van der Waals surface area contributed by atoms with Crippen molar-refractivity contribution >= 4 is 23.1 Å². The molecule has 0 unspecified atom stereocenters. The molecular weight excluding hydrogens is 380 g/mol. The third-order valence-corrected chi connectivity index (χ3v) is 5.52. The van der Waals surface area contributed by atoms with E-state index in [0.717, 1.165) is 57.0 Å². The molecule has 0 fully saturated rings. The van der Waals surface area contributed by atoms with Gasteiger partial charge in [0.1, 0.15) is 6.61 Å². The molecule has 1 aliphatic rings. The summed E-state index contributed by atoms with van der Waals surface area (Å²) in [5, 5.41) is 17.7. The molecule has 2 bridgehead atoms. The van der Waals surface area contributed by atoms with Crippen molar-refractivity contribution in [1.82, 2.24) is 29.8 Å². The minimum absolute atomic E-state index is 0.440. The molecule has 0 spiro atoms. The van der Waals surface area contributed by atoms with Crippen LogP contribution in [0.3, 0.4) is 0 Å². The Labute approximate surface area is 174 Å². The average Bonchev–Trinajstić information content (AvgIpc) is 3.41. The quantitative estimate of drug-likeness (QED) is 0.526. The van der Waals surface area contributed by atoms with E-state index in [1.54, 1.807) is 4.68 Å². The van der Waals surface area contributed by atoms with Crippen LogP contribution in [-0.4, -0.2) is 43.0 Å². The predicted octanol–water partition coefficient (Wildman–Crippen LogP) is 3.34. The molecule has 1 aliphatic heterocycles. The number of nitrogens with one attached hydrogen (secondary N) is 1. The fourth-order valence-electron chi connectivity index (χ4n) is 3.91. The minimum Gasteiger partial charge on any atom is -0.475 e. The number of aromatic amines is 1. The summed E-state index contributed by atoms with van der Waals surface area (Å²) in [4.78, 5) is 0. The zero-order valence-electron chi connectivity index (χ0n) is 17.3. The number of ether oxygens (including phenoxy) is 2. The van der Waals surface area contributed by atoms with E-state index < -0.39 is 0 Å². The van der Waals surface area contributed by atoms with Crippen molar-refractivity contribution in [3.63, 3.8) is 0 Å². The fraction of sp³-hybridized carbons (Fsp3) is 0.318. The van der Waals surface area contributed by atoms with Gasteiger partial charge in [0, 0.05) is 25.0 Å². The molecule has 0 amide bonds. The highest BCUT2D eigenvalue weighted by atomic mass is 16.5. The van der Waals surface area contributed by atoms with Crippen LogP contribution >= 0.6 is 0 Å². The monoisotopic (exact) mass is 404 g/mol. The van der Waals surface area contributed by atoms with E-state index in [9.17, 15) is 0 Å². The van der Waals surface area contributed by atoms with Crippen LogP contribution in [0, 0.1) is 0 Å². The van der Waals surface area contributed by atoms with Crippen molar-refractivity contribution in [1.29, 1.82) is 0 Å². The van der Waals surface area contributed by atoms with Crippen LogP contribution in [-0.2, 0) is 31.9 Å². The summed E-state index contributed by atoms with van der Waals surface area (Å²) < 4.78 is 15.6. The van der Waals surface area contributed by atoms with Crippen LogP contribution in [0.1, 0.15) is 29.6 Å². The van der Waals surface area contributed by atoms with E-state index in [1.807, 2.05) is 37.1 Å². The summed E-state index contributed by atoms with van der Waals surface area (Å²) >= 11 is 0. The van der Waals surface area contributed by atoms with E-state index >= 15 is 0 Å². The van der Waals surface area contributed by atoms with Gasteiger partial charge in [0.15, 0.2) is 0 Å². The van der Waals surface area contributed by atoms with E-state index in [0.29, 0.717) is 19.8 Å². The van der Waals surface area contributed by atoms with Gasteiger partial charge in [-0.05, 0) is 36.3 Å². The standard InChI is InChI=1S/C22H24N6O2/c1-4-18-15-6-8-20-16-11-14(5-7-19(16)24-25-20)17-12-23-28(3)22(17)30-10-9-29-13-21(15)27(2)26-18/h5-8,11-12H,4,9-10,13H2,1-3H3,(H,24,25)/b8-6+. The van der Waals surface area contributed by atoms with Crippen LogP contribution in [0.15, 0.2) is 24.4 Å². The average molecular weight is 404 g/mol. The van der Waals surface area contributed by atoms with Gasteiger partial charge < -0.3 is 9.47 Å². The summed E-state index contributed by atoms with van der Waals surface area (Å²) in [5.41, 5.74) is 7.03. The molecule has 0 saturated heterocycles. The molecule has 0 saturated carbocycles. The lowest BCUT2D eigenvalue weighted by atomic mass is 10.0. The number of aryl methyl sites for hydroxylation is 3. The number of aromatic nitrogens is 6. The van der Waals surface area contributed by atoms with E-state index in [-0.39, 0.29) is 0 Å². The van der Waals surface area contributed by atoms with Crippen LogP contribution in [0.2, 0.25) is 0 Å². The Morgan fingerprint density at radius 3 is 2.90 bits per heavy atom. The Morgan fingerprint density at radius 2 is 2.03 bits per heavy atom. The van der Waals surface area contributed by atoms with Crippen LogP contribution in [0.5, 0.6) is 5.88 Å². The fourth-order valence-corrected chi connectivity index (χ4v) is 3.91. The van der Waals surface area contributed by atoms with Gasteiger partial charge >= 0.3 is 0 Å². The first-order valence-electron chi connectivity index (χ1n) is 10.1. The largest absolute Gasteiger partial charge is 0.475 e. The molecule has 1 aromatic carbocycles. The van der Waals surface area contributed by atoms with Crippen molar-refractivity contribution < 1.29 is 9.47 Å². The van der Waals surface area contributed by atoms with E-state index in [1.165, 1.54) is 0 Å². The molecule has 1 N–H and O–H groups in total. The number of benzene rings is 1. The lowest BCUT2D eigenvalue weighted by Crippen LogP contribution is -2.11. The SMILES string of the molecule is CCc1nn(C)c2c1/C=C/c1n[nH]c3ccc(cc13)-c1cnn(C)c1OCCOC2. The smallest absolute Gasteiger partial charge is 0.219 e. The number of fused-ring (bicyclic) bond motifs is 4. The van der Waals surface area contributed by atoms with Gasteiger partial charge in [-0.15, -0.1) is 0 Å². The molecule has 0 radical (unpaired) electrons. The number of H-pyrrole nitrogens is 1. The number of rotatable bonds is 1. The first kappa shape index (κ1) is 18.6. The maximum absolute atomic E-state index is 6.04. The van der Waals surface area contributed by atoms with Gasteiger partial charge in [-0.25, -0.2) is 4.68 Å². The zero-order valence-corrected chi connectivity index (χ0v) is 17.3. The maximum Gasteiger partial charge on any atom is 0.219 e. The van der Waals surface area contributed by atoms with Gasteiger partial charge in [-0.2, -0.15) is 15.3 Å². The van der Waals surface area contributed by atoms with Gasteiger partial charge in [0.2, 0.25) is 5.88 Å². The second-order valence-corrected chi connectivity index (χ2v) is 7.37. The van der Waals surface area contributed by atoms with Crippen LogP contribution in [0.4, 0.5) is 0 Å². The van der Waals surface area contributed by atoms with Gasteiger partial charge in [-0.1, -0.05) is 13.0 Å². The van der Waals surface area contributed by atoms with Crippen molar-refractivity contribution in [2.24, 2.45) is 14.1 Å². The lowest BCUT2D eigenvalue weighted by molar-refractivity contribution is 0.0825. The topological polar surface area (TPSA) is 82.8 Å².